The van der Waals surface area contributed by atoms with Gasteiger partial charge in [-0.15, -0.1) is 0 Å². The van der Waals surface area contributed by atoms with Gasteiger partial charge in [-0.2, -0.15) is 5.26 Å². The smallest absolute Gasteiger partial charge is 0.384 e. The molecule has 2 aromatic rings. The molecule has 1 N–H and O–H groups in total. The summed E-state index contributed by atoms with van der Waals surface area (Å²) in [5.74, 6) is 3.01. The molecule has 1 unspecified atom stereocenters. The van der Waals surface area contributed by atoms with Crippen LogP contribution in [-0.2, 0) is 14.3 Å². The van der Waals surface area contributed by atoms with Crippen LogP contribution in [0.5, 0.6) is 11.5 Å². The molecule has 3 atom stereocenters. The lowest BCUT2D eigenvalue weighted by Gasteiger charge is -2.22. The van der Waals surface area contributed by atoms with Crippen molar-refractivity contribution in [1.82, 2.24) is 0 Å². The summed E-state index contributed by atoms with van der Waals surface area (Å²) in [5, 5.41) is 20.3. The topological polar surface area (TPSA) is 96.6 Å². The lowest BCUT2D eigenvalue weighted by Crippen LogP contribution is -2.28. The summed E-state index contributed by atoms with van der Waals surface area (Å²) in [4.78, 5) is 24.5. The zero-order valence-corrected chi connectivity index (χ0v) is 19.2. The Morgan fingerprint density at radius 1 is 1.09 bits per heavy atom. The van der Waals surface area contributed by atoms with E-state index in [1.54, 1.807) is 50.2 Å². The second kappa shape index (κ2) is 9.38. The number of carboxylic acid groups (broad SMARTS) is 1. The molecule has 0 amide bonds. The highest BCUT2D eigenvalue weighted by Gasteiger charge is 2.79. The van der Waals surface area contributed by atoms with Crippen molar-refractivity contribution in [2.45, 2.75) is 33.6 Å². The number of hydrogen-bond acceptors (Lipinski definition) is 5. The van der Waals surface area contributed by atoms with Gasteiger partial charge in [0, 0.05) is 11.8 Å². The highest BCUT2D eigenvalue weighted by molar-refractivity contribution is 5.90. The van der Waals surface area contributed by atoms with Crippen LogP contribution in [0.2, 0.25) is 0 Å². The number of carboxylic acids is 1. The fourth-order valence-corrected chi connectivity index (χ4v) is 4.38. The fraction of sp³-hybridized carbons (Fsp3) is 0.370. The van der Waals surface area contributed by atoms with Crippen molar-refractivity contribution in [2.24, 2.45) is 22.7 Å². The Morgan fingerprint density at radius 3 is 2.36 bits per heavy atom. The number of nitrogens with zero attached hydrogens (tertiary/aromatic N) is 1. The van der Waals surface area contributed by atoms with Crippen LogP contribution in [0.4, 0.5) is 0 Å². The third-order valence-electron chi connectivity index (χ3n) is 6.13. The second-order valence-corrected chi connectivity index (χ2v) is 9.14. The lowest BCUT2D eigenvalue weighted by molar-refractivity contribution is -0.145. The van der Waals surface area contributed by atoms with Crippen LogP contribution >= 0.6 is 0 Å². The van der Waals surface area contributed by atoms with Crippen molar-refractivity contribution < 1.29 is 24.2 Å². The van der Waals surface area contributed by atoms with Crippen LogP contribution < -0.4 is 4.74 Å². The predicted octanol–water partition coefficient (Wildman–Crippen LogP) is 5.02. The average Bonchev–Trinajstić information content (AvgIpc) is 3.27. The number of benzene rings is 2. The van der Waals surface area contributed by atoms with Crippen molar-refractivity contribution in [3.05, 3.63) is 60.2 Å². The van der Waals surface area contributed by atoms with E-state index < -0.39 is 34.6 Å². The number of aliphatic carboxylic acids is 1. The quantitative estimate of drug-likeness (QED) is 0.365. The van der Waals surface area contributed by atoms with Gasteiger partial charge < -0.3 is 14.6 Å². The van der Waals surface area contributed by atoms with Crippen LogP contribution in [-0.4, -0.2) is 23.7 Å². The van der Waals surface area contributed by atoms with Crippen LogP contribution in [0.1, 0.15) is 39.2 Å². The molecule has 0 saturated heterocycles. The van der Waals surface area contributed by atoms with Crippen molar-refractivity contribution in [1.29, 1.82) is 5.26 Å². The standard InChI is InChI=1S/C27H27NO5/c1-18(2)17-32-24(29)14-13-23-26(3,4)27(23,25(30)31)22(16-28)19-9-8-12-21(15-19)33-20-10-6-5-7-11-20/h5-12,15,18,22-23H,17H2,1-4H3,(H,30,31)/t22?,23-,27+/m0/s1. The molecule has 1 saturated carbocycles. The molecule has 0 spiro atoms. The molecule has 0 aromatic heterocycles. The van der Waals surface area contributed by atoms with Gasteiger partial charge in [-0.1, -0.05) is 63.9 Å². The lowest BCUT2D eigenvalue weighted by atomic mass is 9.78. The van der Waals surface area contributed by atoms with E-state index in [1.807, 2.05) is 32.0 Å². The van der Waals surface area contributed by atoms with Gasteiger partial charge in [0.25, 0.3) is 0 Å². The maximum Gasteiger partial charge on any atom is 0.384 e. The predicted molar refractivity (Wildman–Crippen MR) is 122 cm³/mol. The Labute approximate surface area is 194 Å². The van der Waals surface area contributed by atoms with E-state index in [9.17, 15) is 20.0 Å². The monoisotopic (exact) mass is 445 g/mol. The number of carbonyl (C=O) groups excluding carboxylic acids is 1. The van der Waals surface area contributed by atoms with Crippen molar-refractivity contribution >= 4 is 11.9 Å². The van der Waals surface area contributed by atoms with Gasteiger partial charge in [-0.3, -0.25) is 4.79 Å². The molecule has 6 nitrogen and oxygen atoms in total. The summed E-state index contributed by atoms with van der Waals surface area (Å²) in [5.41, 5.74) is -1.78. The van der Waals surface area contributed by atoms with Gasteiger partial charge in [0.05, 0.1) is 18.6 Å². The fourth-order valence-electron chi connectivity index (χ4n) is 4.38. The molecule has 3 rings (SSSR count). The van der Waals surface area contributed by atoms with Crippen LogP contribution in [0.15, 0.2) is 54.6 Å². The first kappa shape index (κ1) is 23.9. The van der Waals surface area contributed by atoms with Gasteiger partial charge in [0.2, 0.25) is 0 Å². The Kier molecular flexibility index (Phi) is 6.79. The third-order valence-corrected chi connectivity index (χ3v) is 6.13. The van der Waals surface area contributed by atoms with Crippen LogP contribution in [0, 0.1) is 45.8 Å². The molecule has 2 aromatic carbocycles. The summed E-state index contributed by atoms with van der Waals surface area (Å²) in [6.45, 7) is 7.57. The molecule has 1 aliphatic carbocycles. The minimum absolute atomic E-state index is 0.166. The summed E-state index contributed by atoms with van der Waals surface area (Å²) in [6, 6.07) is 18.2. The molecule has 6 heteroatoms. The zero-order valence-electron chi connectivity index (χ0n) is 19.2. The Balaban J connectivity index is 1.92. The SMILES string of the molecule is CC(C)COC(=O)C#C[C@H]1C(C)(C)[C@]1(C(=O)O)C(C#N)c1cccc(Oc2ccccc2)c1. The highest BCUT2D eigenvalue weighted by Crippen LogP contribution is 2.74. The molecule has 0 aliphatic heterocycles. The largest absolute Gasteiger partial charge is 0.481 e. The first-order valence-corrected chi connectivity index (χ1v) is 10.8. The molecule has 1 aliphatic rings. The second-order valence-electron chi connectivity index (χ2n) is 9.14. The maximum absolute atomic E-state index is 12.6. The highest BCUT2D eigenvalue weighted by atomic mass is 16.5. The summed E-state index contributed by atoms with van der Waals surface area (Å²) >= 11 is 0. The van der Waals surface area contributed by atoms with Gasteiger partial charge in [0.1, 0.15) is 16.9 Å². The molecular formula is C27H27NO5. The van der Waals surface area contributed by atoms with E-state index >= 15 is 0 Å². The number of para-hydroxylation sites is 1. The first-order valence-electron chi connectivity index (χ1n) is 10.8. The number of carbonyl (C=O) groups is 2. The van der Waals surface area contributed by atoms with Gasteiger partial charge >= 0.3 is 11.9 Å². The minimum Gasteiger partial charge on any atom is -0.481 e. The molecule has 0 radical (unpaired) electrons. The summed E-state index contributed by atoms with van der Waals surface area (Å²) in [6.07, 6.45) is 0. The molecule has 33 heavy (non-hydrogen) atoms. The van der Waals surface area contributed by atoms with Gasteiger partial charge in [-0.25, -0.2) is 4.79 Å². The number of esters is 1. The zero-order chi connectivity index (χ0) is 24.2. The van der Waals surface area contributed by atoms with Crippen molar-refractivity contribution in [2.75, 3.05) is 6.61 Å². The van der Waals surface area contributed by atoms with E-state index in [-0.39, 0.29) is 12.5 Å². The Hall–Kier alpha value is -3.77. The van der Waals surface area contributed by atoms with E-state index in [2.05, 4.69) is 17.9 Å². The number of rotatable bonds is 7. The average molecular weight is 446 g/mol. The van der Waals surface area contributed by atoms with Crippen molar-refractivity contribution in [3.63, 3.8) is 0 Å². The first-order chi connectivity index (χ1) is 15.6. The summed E-state index contributed by atoms with van der Waals surface area (Å²) in [7, 11) is 0. The van der Waals surface area contributed by atoms with Gasteiger partial charge in [0.15, 0.2) is 0 Å². The van der Waals surface area contributed by atoms with Crippen LogP contribution in [0.25, 0.3) is 0 Å². The van der Waals surface area contributed by atoms with Crippen molar-refractivity contribution in [3.8, 4) is 29.4 Å². The molecular weight excluding hydrogens is 418 g/mol. The minimum atomic E-state index is -1.47. The molecule has 170 valence electrons. The molecule has 0 bridgehead atoms. The van der Waals surface area contributed by atoms with Crippen LogP contribution in [0.3, 0.4) is 0 Å². The maximum atomic E-state index is 12.6. The molecule has 0 heterocycles. The summed E-state index contributed by atoms with van der Waals surface area (Å²) < 4.78 is 10.9. The van der Waals surface area contributed by atoms with E-state index in [1.165, 1.54) is 0 Å². The normalized spacial score (nSPS) is 21.2. The third kappa shape index (κ3) is 4.56. The number of nitriles is 1. The van der Waals surface area contributed by atoms with Gasteiger partial charge in [-0.05, 0) is 41.2 Å². The Bertz CT molecular complexity index is 1140. The van der Waals surface area contributed by atoms with E-state index in [0.717, 1.165) is 0 Å². The Morgan fingerprint density at radius 2 is 1.76 bits per heavy atom. The van der Waals surface area contributed by atoms with E-state index in [0.29, 0.717) is 17.1 Å². The molecule has 1 fully saturated rings. The number of ether oxygens (including phenoxy) is 2. The van der Waals surface area contributed by atoms with E-state index in [4.69, 9.17) is 9.47 Å². The number of hydrogen-bond donors (Lipinski definition) is 1.